The molecule has 2 rings (SSSR count). The van der Waals surface area contributed by atoms with Gasteiger partial charge in [0, 0.05) is 30.7 Å². The van der Waals surface area contributed by atoms with Gasteiger partial charge in [0.05, 0.1) is 18.2 Å². The molecule has 0 unspecified atom stereocenters. The molecule has 4 nitrogen and oxygen atoms in total. The summed E-state index contributed by atoms with van der Waals surface area (Å²) in [6.45, 7) is 4.63. The third-order valence-electron chi connectivity index (χ3n) is 3.36. The number of nitriles is 1. The zero-order chi connectivity index (χ0) is 14.4. The summed E-state index contributed by atoms with van der Waals surface area (Å²) in [6, 6.07) is 13.8. The molecule has 2 aromatic rings. The van der Waals surface area contributed by atoms with Crippen LogP contribution in [0.4, 0.5) is 0 Å². The molecule has 1 aromatic heterocycles. The summed E-state index contributed by atoms with van der Waals surface area (Å²) < 4.78 is 2.11. The SMILES string of the molecule is CCN(CCO)Cc1cccn1-c1ccc(C#N)cc1. The number of hydrogen-bond acceptors (Lipinski definition) is 3. The minimum Gasteiger partial charge on any atom is -0.395 e. The highest BCUT2D eigenvalue weighted by atomic mass is 16.3. The molecular formula is C16H19N3O. The molecule has 0 saturated heterocycles. The summed E-state index contributed by atoms with van der Waals surface area (Å²) in [6.07, 6.45) is 2.02. The van der Waals surface area contributed by atoms with Crippen LogP contribution in [-0.4, -0.2) is 34.3 Å². The lowest BCUT2D eigenvalue weighted by Crippen LogP contribution is -2.27. The van der Waals surface area contributed by atoms with E-state index in [9.17, 15) is 0 Å². The standard InChI is InChI=1S/C16H19N3O/c1-2-18(10-11-20)13-16-4-3-9-19(16)15-7-5-14(12-17)6-8-15/h3-9,20H,2,10-11,13H2,1H3. The molecule has 0 aliphatic rings. The fourth-order valence-corrected chi connectivity index (χ4v) is 2.21. The smallest absolute Gasteiger partial charge is 0.0991 e. The Kier molecular flexibility index (Phi) is 4.94. The van der Waals surface area contributed by atoms with Gasteiger partial charge in [-0.1, -0.05) is 6.92 Å². The van der Waals surface area contributed by atoms with Gasteiger partial charge in [0.1, 0.15) is 0 Å². The van der Waals surface area contributed by atoms with E-state index in [4.69, 9.17) is 10.4 Å². The third kappa shape index (κ3) is 3.27. The lowest BCUT2D eigenvalue weighted by Gasteiger charge is -2.20. The van der Waals surface area contributed by atoms with E-state index < -0.39 is 0 Å². The van der Waals surface area contributed by atoms with Gasteiger partial charge in [-0.15, -0.1) is 0 Å². The van der Waals surface area contributed by atoms with Crippen molar-refractivity contribution in [2.45, 2.75) is 13.5 Å². The van der Waals surface area contributed by atoms with E-state index in [1.54, 1.807) is 0 Å². The van der Waals surface area contributed by atoms with Crippen LogP contribution in [0.25, 0.3) is 5.69 Å². The monoisotopic (exact) mass is 269 g/mol. The number of benzene rings is 1. The average Bonchev–Trinajstić information content (AvgIpc) is 2.95. The van der Waals surface area contributed by atoms with Gasteiger partial charge in [0.25, 0.3) is 0 Å². The van der Waals surface area contributed by atoms with Gasteiger partial charge in [-0.2, -0.15) is 5.26 Å². The normalized spacial score (nSPS) is 10.7. The highest BCUT2D eigenvalue weighted by Gasteiger charge is 2.08. The molecule has 1 N–H and O–H groups in total. The van der Waals surface area contributed by atoms with Crippen LogP contribution in [0, 0.1) is 11.3 Å². The van der Waals surface area contributed by atoms with Crippen LogP contribution in [0.15, 0.2) is 42.6 Å². The molecule has 0 bridgehead atoms. The van der Waals surface area contributed by atoms with Gasteiger partial charge >= 0.3 is 0 Å². The first-order valence-corrected chi connectivity index (χ1v) is 6.78. The van der Waals surface area contributed by atoms with Crippen molar-refractivity contribution in [1.82, 2.24) is 9.47 Å². The maximum Gasteiger partial charge on any atom is 0.0991 e. The summed E-state index contributed by atoms with van der Waals surface area (Å²) in [7, 11) is 0. The van der Waals surface area contributed by atoms with E-state index in [2.05, 4.69) is 28.5 Å². The van der Waals surface area contributed by atoms with Gasteiger partial charge < -0.3 is 9.67 Å². The van der Waals surface area contributed by atoms with Crippen molar-refractivity contribution in [1.29, 1.82) is 5.26 Å². The van der Waals surface area contributed by atoms with Crippen LogP contribution >= 0.6 is 0 Å². The molecule has 104 valence electrons. The van der Waals surface area contributed by atoms with Crippen LogP contribution in [0.1, 0.15) is 18.2 Å². The molecule has 20 heavy (non-hydrogen) atoms. The fourth-order valence-electron chi connectivity index (χ4n) is 2.21. The van der Waals surface area contributed by atoms with Crippen LogP contribution in [-0.2, 0) is 6.54 Å². The number of aromatic nitrogens is 1. The molecule has 4 heteroatoms. The Morgan fingerprint density at radius 3 is 2.60 bits per heavy atom. The maximum atomic E-state index is 9.06. The van der Waals surface area contributed by atoms with Crippen LogP contribution in [0.2, 0.25) is 0 Å². The molecule has 0 radical (unpaired) electrons. The highest BCUT2D eigenvalue weighted by Crippen LogP contribution is 2.15. The van der Waals surface area contributed by atoms with E-state index in [-0.39, 0.29) is 6.61 Å². The van der Waals surface area contributed by atoms with Gasteiger partial charge in [-0.3, -0.25) is 4.90 Å². The second-order valence-corrected chi connectivity index (χ2v) is 4.62. The predicted molar refractivity (Wildman–Crippen MR) is 78.5 cm³/mol. The maximum absolute atomic E-state index is 9.06. The predicted octanol–water partition coefficient (Wildman–Crippen LogP) is 2.16. The lowest BCUT2D eigenvalue weighted by atomic mass is 10.2. The van der Waals surface area contributed by atoms with Crippen molar-refractivity contribution in [3.8, 4) is 11.8 Å². The Morgan fingerprint density at radius 2 is 2.00 bits per heavy atom. The zero-order valence-corrected chi connectivity index (χ0v) is 11.7. The Labute approximate surface area is 119 Å². The largest absolute Gasteiger partial charge is 0.395 e. The quantitative estimate of drug-likeness (QED) is 0.874. The van der Waals surface area contributed by atoms with E-state index in [1.807, 2.05) is 36.5 Å². The molecule has 0 atom stereocenters. The van der Waals surface area contributed by atoms with Crippen molar-refractivity contribution in [3.63, 3.8) is 0 Å². The number of nitrogens with zero attached hydrogens (tertiary/aromatic N) is 3. The number of aliphatic hydroxyl groups excluding tert-OH is 1. The van der Waals surface area contributed by atoms with Crippen molar-refractivity contribution in [2.75, 3.05) is 19.7 Å². The minimum atomic E-state index is 0.172. The van der Waals surface area contributed by atoms with Crippen LogP contribution < -0.4 is 0 Å². The number of hydrogen-bond donors (Lipinski definition) is 1. The molecule has 0 saturated carbocycles. The van der Waals surface area contributed by atoms with Gasteiger partial charge in [0.15, 0.2) is 0 Å². The zero-order valence-electron chi connectivity index (χ0n) is 11.7. The molecule has 0 aliphatic carbocycles. The minimum absolute atomic E-state index is 0.172. The summed E-state index contributed by atoms with van der Waals surface area (Å²) >= 11 is 0. The lowest BCUT2D eigenvalue weighted by molar-refractivity contribution is 0.195. The van der Waals surface area contributed by atoms with Crippen LogP contribution in [0.5, 0.6) is 0 Å². The Bertz CT molecular complexity index is 581. The molecule has 0 aliphatic heterocycles. The van der Waals surface area contributed by atoms with Gasteiger partial charge in [-0.25, -0.2) is 0 Å². The Morgan fingerprint density at radius 1 is 1.25 bits per heavy atom. The number of rotatable bonds is 6. The summed E-state index contributed by atoms with van der Waals surface area (Å²) in [5, 5.41) is 17.9. The Hall–Kier alpha value is -2.09. The Balaban J connectivity index is 2.21. The van der Waals surface area contributed by atoms with Crippen molar-refractivity contribution in [3.05, 3.63) is 53.9 Å². The van der Waals surface area contributed by atoms with E-state index >= 15 is 0 Å². The van der Waals surface area contributed by atoms with Crippen LogP contribution in [0.3, 0.4) is 0 Å². The van der Waals surface area contributed by atoms with Crippen molar-refractivity contribution >= 4 is 0 Å². The van der Waals surface area contributed by atoms with E-state index in [1.165, 1.54) is 5.69 Å². The fraction of sp³-hybridized carbons (Fsp3) is 0.312. The summed E-state index contributed by atoms with van der Waals surface area (Å²) in [5.41, 5.74) is 2.88. The third-order valence-corrected chi connectivity index (χ3v) is 3.36. The topological polar surface area (TPSA) is 52.2 Å². The first-order valence-electron chi connectivity index (χ1n) is 6.78. The molecule has 0 fully saturated rings. The highest BCUT2D eigenvalue weighted by molar-refractivity contribution is 5.41. The molecule has 0 spiro atoms. The van der Waals surface area contributed by atoms with E-state index in [0.29, 0.717) is 12.1 Å². The second-order valence-electron chi connectivity index (χ2n) is 4.62. The molecular weight excluding hydrogens is 250 g/mol. The molecule has 1 heterocycles. The first kappa shape index (κ1) is 14.3. The number of aliphatic hydroxyl groups is 1. The van der Waals surface area contributed by atoms with Crippen molar-refractivity contribution in [2.24, 2.45) is 0 Å². The molecule has 0 amide bonds. The van der Waals surface area contributed by atoms with E-state index in [0.717, 1.165) is 18.8 Å². The summed E-state index contributed by atoms with van der Waals surface area (Å²) in [5.74, 6) is 0. The van der Waals surface area contributed by atoms with Gasteiger partial charge in [0.2, 0.25) is 0 Å². The van der Waals surface area contributed by atoms with Gasteiger partial charge in [-0.05, 0) is 42.9 Å². The first-order chi connectivity index (χ1) is 9.78. The van der Waals surface area contributed by atoms with Crippen molar-refractivity contribution < 1.29 is 5.11 Å². The molecule has 1 aromatic carbocycles. The number of likely N-dealkylation sites (N-methyl/N-ethyl adjacent to an activating group) is 1. The second kappa shape index (κ2) is 6.90. The summed E-state index contributed by atoms with van der Waals surface area (Å²) in [4.78, 5) is 2.19. The average molecular weight is 269 g/mol.